The molecule has 0 bridgehead atoms. The van der Waals surface area contributed by atoms with Gasteiger partial charge in [0.15, 0.2) is 0 Å². The number of esters is 1. The average Bonchev–Trinajstić information content (AvgIpc) is 2.81. The molecule has 0 radical (unpaired) electrons. The Bertz CT molecular complexity index is 689. The van der Waals surface area contributed by atoms with Crippen LogP contribution in [0.5, 0.6) is 0 Å². The second-order valence-corrected chi connectivity index (χ2v) is 5.66. The molecule has 2 heterocycles. The van der Waals surface area contributed by atoms with E-state index in [9.17, 15) is 9.59 Å². The van der Waals surface area contributed by atoms with Gasteiger partial charge in [0, 0.05) is 23.0 Å². The van der Waals surface area contributed by atoms with Gasteiger partial charge in [0.1, 0.15) is 0 Å². The number of carbonyl (C=O) groups is 2. The molecule has 0 unspecified atom stereocenters. The first-order chi connectivity index (χ1) is 9.13. The first-order valence-electron chi connectivity index (χ1n) is 6.02. The van der Waals surface area contributed by atoms with E-state index in [0.717, 1.165) is 29.4 Å². The van der Waals surface area contributed by atoms with E-state index in [-0.39, 0.29) is 0 Å². The lowest BCUT2D eigenvalue weighted by Gasteiger charge is -2.20. The van der Waals surface area contributed by atoms with Crippen molar-refractivity contribution in [3.63, 3.8) is 0 Å². The number of halogens is 1. The summed E-state index contributed by atoms with van der Waals surface area (Å²) < 4.78 is 6.56. The molecule has 4 nitrogen and oxygen atoms in total. The molecule has 0 aliphatic carbocycles. The van der Waals surface area contributed by atoms with Gasteiger partial charge in [-0.15, -0.1) is 0 Å². The summed E-state index contributed by atoms with van der Waals surface area (Å²) in [4.78, 5) is 23.8. The third kappa shape index (κ3) is 1.80. The number of benzene rings is 1. The minimum absolute atomic E-state index is 0.291. The maximum absolute atomic E-state index is 12.0. The van der Waals surface area contributed by atoms with Crippen LogP contribution in [-0.2, 0) is 16.1 Å². The van der Waals surface area contributed by atoms with Gasteiger partial charge in [0.05, 0.1) is 18.2 Å². The fourth-order valence-corrected chi connectivity index (χ4v) is 3.18. The number of methoxy groups -OCH3 is 1. The molecule has 0 saturated heterocycles. The Morgan fingerprint density at radius 1 is 1.42 bits per heavy atom. The number of hydrogen-bond acceptors (Lipinski definition) is 3. The molecule has 1 aliphatic heterocycles. The fraction of sp³-hybridized carbons (Fsp3) is 0.286. The molecular weight excluding hydrogens is 310 g/mol. The van der Waals surface area contributed by atoms with Gasteiger partial charge in [0.2, 0.25) is 0 Å². The molecule has 0 N–H and O–H groups in total. The molecule has 1 atom stereocenters. The minimum Gasteiger partial charge on any atom is -0.463 e. The van der Waals surface area contributed by atoms with Crippen LogP contribution >= 0.6 is 15.9 Å². The van der Waals surface area contributed by atoms with E-state index in [1.165, 1.54) is 7.11 Å². The van der Waals surface area contributed by atoms with E-state index in [1.807, 2.05) is 22.8 Å². The van der Waals surface area contributed by atoms with E-state index in [0.29, 0.717) is 10.4 Å². The van der Waals surface area contributed by atoms with Gasteiger partial charge in [0.25, 0.3) is 5.78 Å². The van der Waals surface area contributed by atoms with Crippen molar-refractivity contribution in [2.45, 2.75) is 17.8 Å². The summed E-state index contributed by atoms with van der Waals surface area (Å²) in [6.07, 6.45) is 2.72. The van der Waals surface area contributed by atoms with Crippen molar-refractivity contribution in [1.82, 2.24) is 4.57 Å². The first-order valence-corrected chi connectivity index (χ1v) is 6.93. The third-order valence-corrected chi connectivity index (χ3v) is 4.46. The van der Waals surface area contributed by atoms with Crippen LogP contribution in [0.25, 0.3) is 10.9 Å². The molecule has 0 saturated carbocycles. The second-order valence-electron chi connectivity index (χ2n) is 4.56. The third-order valence-electron chi connectivity index (χ3n) is 3.51. The van der Waals surface area contributed by atoms with Gasteiger partial charge in [-0.1, -0.05) is 34.1 Å². The Morgan fingerprint density at radius 2 is 2.21 bits per heavy atom. The molecule has 1 aromatic heterocycles. The number of aryl methyl sites for hydroxylation is 1. The molecule has 0 amide bonds. The molecule has 19 heavy (non-hydrogen) atoms. The normalized spacial score (nSPS) is 17.5. The number of alkyl halides is 1. The molecule has 3 rings (SSSR count). The van der Waals surface area contributed by atoms with Gasteiger partial charge in [-0.2, -0.15) is 0 Å². The molecular formula is C14H12BrNO3. The zero-order valence-electron chi connectivity index (χ0n) is 10.4. The van der Waals surface area contributed by atoms with E-state index >= 15 is 0 Å². The molecule has 1 aromatic carbocycles. The topological polar surface area (TPSA) is 48.3 Å². The number of carbonyl (C=O) groups excluding carboxylic acids is 2. The van der Waals surface area contributed by atoms with Crippen LogP contribution in [0.4, 0.5) is 0 Å². The summed E-state index contributed by atoms with van der Waals surface area (Å²) >= 11 is 3.65. The molecule has 5 heteroatoms. The summed E-state index contributed by atoms with van der Waals surface area (Å²) in [6.45, 7) is 0.831. The lowest BCUT2D eigenvalue weighted by Crippen LogP contribution is -2.15. The van der Waals surface area contributed by atoms with Crippen LogP contribution in [0, 0.1) is 0 Å². The summed E-state index contributed by atoms with van der Waals surface area (Å²) in [7, 11) is 1.22. The largest absolute Gasteiger partial charge is 0.463 e. The summed E-state index contributed by atoms with van der Waals surface area (Å²) in [6, 6.07) is 5.83. The number of rotatable bonds is 2. The van der Waals surface area contributed by atoms with Gasteiger partial charge in [-0.25, -0.2) is 4.79 Å². The lowest BCUT2D eigenvalue weighted by molar-refractivity contribution is -0.135. The predicted molar refractivity (Wildman–Crippen MR) is 74.6 cm³/mol. The molecule has 98 valence electrons. The Balaban J connectivity index is 2.25. The molecule has 2 aromatic rings. The zero-order valence-corrected chi connectivity index (χ0v) is 11.9. The minimum atomic E-state index is -0.820. The standard InChI is InChI=1S/C14H12BrNO3/c1-19-14(18)13(17)10-7-16-6-5-11(15)9-4-2-3-8(10)12(9)16/h2-4,7,11H,5-6H2,1H3/t11-/m1/s1. The van der Waals surface area contributed by atoms with Gasteiger partial charge in [-0.05, 0) is 12.0 Å². The van der Waals surface area contributed by atoms with Crippen LogP contribution < -0.4 is 0 Å². The van der Waals surface area contributed by atoms with Crippen molar-refractivity contribution < 1.29 is 14.3 Å². The Kier molecular flexibility index (Phi) is 2.93. The first kappa shape index (κ1) is 12.4. The summed E-state index contributed by atoms with van der Waals surface area (Å²) in [5, 5.41) is 0.817. The summed E-state index contributed by atoms with van der Waals surface area (Å²) in [5.74, 6) is -1.41. The maximum Gasteiger partial charge on any atom is 0.379 e. The highest BCUT2D eigenvalue weighted by atomic mass is 79.9. The van der Waals surface area contributed by atoms with Gasteiger partial charge in [-0.3, -0.25) is 4.79 Å². The highest BCUT2D eigenvalue weighted by Crippen LogP contribution is 2.38. The van der Waals surface area contributed by atoms with Gasteiger partial charge < -0.3 is 9.30 Å². The van der Waals surface area contributed by atoms with Crippen LogP contribution in [0.1, 0.15) is 27.2 Å². The second kappa shape index (κ2) is 4.49. The monoisotopic (exact) mass is 321 g/mol. The number of ketones is 1. The number of aromatic nitrogens is 1. The lowest BCUT2D eigenvalue weighted by atomic mass is 10.0. The van der Waals surface area contributed by atoms with Crippen molar-refractivity contribution in [2.75, 3.05) is 7.11 Å². The van der Waals surface area contributed by atoms with E-state index in [1.54, 1.807) is 6.20 Å². The number of nitrogens with zero attached hydrogens (tertiary/aromatic N) is 1. The maximum atomic E-state index is 12.0. The smallest absolute Gasteiger partial charge is 0.379 e. The van der Waals surface area contributed by atoms with Crippen molar-refractivity contribution in [3.8, 4) is 0 Å². The van der Waals surface area contributed by atoms with Crippen molar-refractivity contribution in [3.05, 3.63) is 35.5 Å². The molecule has 0 fully saturated rings. The zero-order chi connectivity index (χ0) is 13.6. The average molecular weight is 322 g/mol. The number of para-hydroxylation sites is 1. The van der Waals surface area contributed by atoms with Crippen LogP contribution in [0.2, 0.25) is 0 Å². The quantitative estimate of drug-likeness (QED) is 0.370. The van der Waals surface area contributed by atoms with Crippen molar-refractivity contribution >= 4 is 38.6 Å². The highest BCUT2D eigenvalue weighted by molar-refractivity contribution is 9.09. The summed E-state index contributed by atoms with van der Waals surface area (Å²) in [5.41, 5.74) is 2.61. The van der Waals surface area contributed by atoms with Crippen LogP contribution in [0.15, 0.2) is 24.4 Å². The van der Waals surface area contributed by atoms with E-state index in [4.69, 9.17) is 0 Å². The van der Waals surface area contributed by atoms with E-state index in [2.05, 4.69) is 20.7 Å². The van der Waals surface area contributed by atoms with Crippen molar-refractivity contribution in [2.24, 2.45) is 0 Å². The SMILES string of the molecule is COC(=O)C(=O)c1cn2c3c(cccc13)[C@H](Br)CC2. The van der Waals surface area contributed by atoms with Gasteiger partial charge >= 0.3 is 5.97 Å². The van der Waals surface area contributed by atoms with Crippen molar-refractivity contribution in [1.29, 1.82) is 0 Å². The molecule has 1 aliphatic rings. The fourth-order valence-electron chi connectivity index (χ4n) is 2.61. The Morgan fingerprint density at radius 3 is 2.95 bits per heavy atom. The Hall–Kier alpha value is -1.62. The number of ether oxygens (including phenoxy) is 1. The number of Topliss-reactive ketones (excluding diaryl/α,β-unsaturated/α-hetero) is 1. The molecule has 0 spiro atoms. The number of hydrogen-bond donors (Lipinski definition) is 0. The van der Waals surface area contributed by atoms with Crippen LogP contribution in [-0.4, -0.2) is 23.4 Å². The predicted octanol–water partition coefficient (Wildman–Crippen LogP) is 2.84. The van der Waals surface area contributed by atoms with E-state index < -0.39 is 11.8 Å². The Labute approximate surface area is 118 Å². The highest BCUT2D eigenvalue weighted by Gasteiger charge is 2.26. The van der Waals surface area contributed by atoms with Crippen LogP contribution in [0.3, 0.4) is 0 Å².